The van der Waals surface area contributed by atoms with Crippen molar-refractivity contribution in [3.63, 3.8) is 0 Å². The number of anilines is 1. The molecule has 2 aromatic heterocycles. The van der Waals surface area contributed by atoms with Crippen molar-refractivity contribution in [1.29, 1.82) is 0 Å². The zero-order valence-corrected chi connectivity index (χ0v) is 24.3. The summed E-state index contributed by atoms with van der Waals surface area (Å²) >= 11 is 0. The summed E-state index contributed by atoms with van der Waals surface area (Å²) in [4.78, 5) is 29.5. The highest BCUT2D eigenvalue weighted by Crippen LogP contribution is 2.42. The maximum Gasteiger partial charge on any atom is 0.319 e. The number of nitrogens with two attached hydrogens (primary N) is 1. The van der Waals surface area contributed by atoms with Crippen LogP contribution in [0, 0.1) is 17.6 Å². The first-order chi connectivity index (χ1) is 21.2. The summed E-state index contributed by atoms with van der Waals surface area (Å²) in [6, 6.07) is 5.67. The Bertz CT molecular complexity index is 1810. The maximum atomic E-state index is 16.7. The summed E-state index contributed by atoms with van der Waals surface area (Å²) in [5, 5.41) is 11.8. The lowest BCUT2D eigenvalue weighted by atomic mass is 9.94. The third-order valence-electron chi connectivity index (χ3n) is 9.53. The molecule has 0 saturated carbocycles. The van der Waals surface area contributed by atoms with E-state index in [2.05, 4.69) is 19.9 Å². The Morgan fingerprint density at radius 3 is 2.82 bits per heavy atom. The van der Waals surface area contributed by atoms with Crippen LogP contribution in [0.2, 0.25) is 0 Å². The van der Waals surface area contributed by atoms with Crippen LogP contribution in [0.3, 0.4) is 0 Å². The van der Waals surface area contributed by atoms with E-state index in [-0.39, 0.29) is 35.1 Å². The molecule has 230 valence electrons. The number of alkyl halides is 1. The van der Waals surface area contributed by atoms with E-state index in [4.69, 9.17) is 10.5 Å². The van der Waals surface area contributed by atoms with Crippen molar-refractivity contribution >= 4 is 33.4 Å². The number of rotatable bonds is 7. The lowest BCUT2D eigenvalue weighted by Crippen LogP contribution is -2.43. The summed E-state index contributed by atoms with van der Waals surface area (Å²) in [5.41, 5.74) is 5.54. The fraction of sp³-hybridized carbons (Fsp3) is 0.438. The number of carbonyl (C=O) groups is 1. The zero-order chi connectivity index (χ0) is 30.7. The first kappa shape index (κ1) is 28.6. The van der Waals surface area contributed by atoms with E-state index in [0.717, 1.165) is 19.4 Å². The standard InChI is InChI=1S/C32H33F3N6O3/c1-2-21-24(34)5-4-17-10-20(42)11-22(25(17)21)27-26(35)28-23(13-37-27)30(40-9-6-18(14-40)29(36)43)39-31(38-28)44-16-32-7-3-8-41(32)15-19(33)12-32/h4-5,10-11,13,18-19,42H,2-3,6-9,12,14-16H2,1H3,(H2,36,43)/t18?,19-,32+/m1/s1. The van der Waals surface area contributed by atoms with E-state index in [0.29, 0.717) is 66.4 Å². The predicted octanol–water partition coefficient (Wildman–Crippen LogP) is 4.66. The van der Waals surface area contributed by atoms with Crippen LogP contribution in [-0.2, 0) is 11.2 Å². The molecule has 0 spiro atoms. The molecule has 3 aliphatic heterocycles. The number of ether oxygens (including phenoxy) is 1. The maximum absolute atomic E-state index is 16.7. The Morgan fingerprint density at radius 1 is 1.20 bits per heavy atom. The number of phenolic OH excluding ortho intramolecular Hbond substituents is 1. The number of nitrogens with zero attached hydrogens (tertiary/aromatic N) is 5. The second kappa shape index (κ2) is 10.8. The number of hydrogen-bond donors (Lipinski definition) is 2. The fourth-order valence-corrected chi connectivity index (χ4v) is 7.38. The van der Waals surface area contributed by atoms with Crippen LogP contribution in [0.4, 0.5) is 19.0 Å². The number of aryl methyl sites for hydroxylation is 1. The first-order valence-corrected chi connectivity index (χ1v) is 15.0. The molecule has 7 rings (SSSR count). The number of primary amides is 1. The van der Waals surface area contributed by atoms with Crippen LogP contribution in [0.5, 0.6) is 11.8 Å². The summed E-state index contributed by atoms with van der Waals surface area (Å²) in [6.45, 7) is 3.85. The number of amides is 1. The van der Waals surface area contributed by atoms with Gasteiger partial charge in [-0.05, 0) is 66.8 Å². The van der Waals surface area contributed by atoms with Gasteiger partial charge in [-0.15, -0.1) is 0 Å². The highest BCUT2D eigenvalue weighted by Gasteiger charge is 2.49. The molecule has 9 nitrogen and oxygen atoms in total. The van der Waals surface area contributed by atoms with Gasteiger partial charge in [0.1, 0.15) is 41.4 Å². The molecule has 3 fully saturated rings. The molecule has 0 aliphatic carbocycles. The van der Waals surface area contributed by atoms with Crippen LogP contribution < -0.4 is 15.4 Å². The lowest BCUT2D eigenvalue weighted by molar-refractivity contribution is -0.121. The van der Waals surface area contributed by atoms with E-state index >= 15 is 4.39 Å². The van der Waals surface area contributed by atoms with Crippen molar-refractivity contribution < 1.29 is 27.8 Å². The minimum absolute atomic E-state index is 0.0703. The Balaban J connectivity index is 1.37. The molecule has 12 heteroatoms. The van der Waals surface area contributed by atoms with Crippen LogP contribution in [-0.4, -0.2) is 75.4 Å². The van der Waals surface area contributed by atoms with Crippen molar-refractivity contribution in [3.05, 3.63) is 47.7 Å². The molecule has 0 radical (unpaired) electrons. The van der Waals surface area contributed by atoms with Gasteiger partial charge in [0.25, 0.3) is 0 Å². The number of halogens is 3. The van der Waals surface area contributed by atoms with E-state index in [1.807, 2.05) is 4.90 Å². The highest BCUT2D eigenvalue weighted by atomic mass is 19.1. The molecule has 3 saturated heterocycles. The number of fused-ring (bicyclic) bond motifs is 3. The summed E-state index contributed by atoms with van der Waals surface area (Å²) in [6.07, 6.45) is 3.43. The van der Waals surface area contributed by atoms with E-state index in [9.17, 15) is 18.7 Å². The fourth-order valence-electron chi connectivity index (χ4n) is 7.38. The number of benzene rings is 2. The quantitative estimate of drug-likeness (QED) is 0.312. The number of phenols is 1. The molecule has 3 atom stereocenters. The number of pyridine rings is 1. The minimum Gasteiger partial charge on any atom is -0.508 e. The molecule has 0 bridgehead atoms. The van der Waals surface area contributed by atoms with Gasteiger partial charge < -0.3 is 20.5 Å². The van der Waals surface area contributed by atoms with Gasteiger partial charge in [-0.25, -0.2) is 13.2 Å². The van der Waals surface area contributed by atoms with Crippen molar-refractivity contribution in [2.45, 2.75) is 50.7 Å². The topological polar surface area (TPSA) is 118 Å². The van der Waals surface area contributed by atoms with Gasteiger partial charge in [0.2, 0.25) is 5.91 Å². The van der Waals surface area contributed by atoms with Crippen molar-refractivity contribution in [3.8, 4) is 23.0 Å². The summed E-state index contributed by atoms with van der Waals surface area (Å²) < 4.78 is 52.1. The van der Waals surface area contributed by atoms with Gasteiger partial charge in [0.05, 0.1) is 16.8 Å². The molecule has 2 aromatic carbocycles. The second-order valence-corrected chi connectivity index (χ2v) is 12.2. The van der Waals surface area contributed by atoms with Crippen molar-refractivity contribution in [2.24, 2.45) is 11.7 Å². The number of aromatic hydroxyl groups is 1. The van der Waals surface area contributed by atoms with Gasteiger partial charge in [0, 0.05) is 37.8 Å². The molecule has 3 N–H and O–H groups in total. The minimum atomic E-state index is -0.941. The highest BCUT2D eigenvalue weighted by molar-refractivity contribution is 6.01. The molecular formula is C32H33F3N6O3. The summed E-state index contributed by atoms with van der Waals surface area (Å²) in [7, 11) is 0. The third-order valence-corrected chi connectivity index (χ3v) is 9.53. The van der Waals surface area contributed by atoms with Gasteiger partial charge in [-0.2, -0.15) is 9.97 Å². The Kier molecular flexibility index (Phi) is 6.99. The predicted molar refractivity (Wildman–Crippen MR) is 159 cm³/mol. The van der Waals surface area contributed by atoms with Crippen LogP contribution in [0.25, 0.3) is 32.9 Å². The molecule has 5 heterocycles. The van der Waals surface area contributed by atoms with Crippen LogP contribution in [0.1, 0.15) is 38.2 Å². The largest absolute Gasteiger partial charge is 0.508 e. The van der Waals surface area contributed by atoms with Crippen molar-refractivity contribution in [1.82, 2.24) is 19.9 Å². The Hall–Kier alpha value is -4.19. The van der Waals surface area contributed by atoms with Crippen LogP contribution in [0.15, 0.2) is 30.5 Å². The number of carbonyl (C=O) groups excluding carboxylic acids is 1. The second-order valence-electron chi connectivity index (χ2n) is 12.2. The molecule has 1 unspecified atom stereocenters. The van der Waals surface area contributed by atoms with E-state index in [1.165, 1.54) is 30.5 Å². The smallest absolute Gasteiger partial charge is 0.319 e. The third kappa shape index (κ3) is 4.66. The first-order valence-electron chi connectivity index (χ1n) is 15.0. The van der Waals surface area contributed by atoms with Crippen LogP contribution >= 0.6 is 0 Å². The SMILES string of the molecule is CCc1c(F)ccc2cc(O)cc(-c3ncc4c(N5CCC(C(N)=O)C5)nc(OC[C@@]56CCCN5C[C@H](F)C6)nc4c3F)c12. The molecule has 3 aliphatic rings. The molecule has 1 amide bonds. The van der Waals surface area contributed by atoms with Gasteiger partial charge in [-0.1, -0.05) is 13.0 Å². The molecule has 44 heavy (non-hydrogen) atoms. The zero-order valence-electron chi connectivity index (χ0n) is 24.3. The molecular weight excluding hydrogens is 573 g/mol. The number of aromatic nitrogens is 3. The van der Waals surface area contributed by atoms with Gasteiger partial charge in [0.15, 0.2) is 5.82 Å². The lowest BCUT2D eigenvalue weighted by Gasteiger charge is -2.31. The Labute approximate surface area is 251 Å². The normalized spacial score (nSPS) is 23.6. The van der Waals surface area contributed by atoms with Gasteiger partial charge >= 0.3 is 6.01 Å². The Morgan fingerprint density at radius 2 is 2.05 bits per heavy atom. The molecule has 4 aromatic rings. The number of hydrogen-bond acceptors (Lipinski definition) is 8. The summed E-state index contributed by atoms with van der Waals surface area (Å²) in [5.74, 6) is -1.81. The van der Waals surface area contributed by atoms with E-state index < -0.39 is 35.2 Å². The van der Waals surface area contributed by atoms with E-state index in [1.54, 1.807) is 6.92 Å². The van der Waals surface area contributed by atoms with Gasteiger partial charge in [-0.3, -0.25) is 14.7 Å². The monoisotopic (exact) mass is 606 g/mol. The average molecular weight is 607 g/mol. The van der Waals surface area contributed by atoms with Crippen molar-refractivity contribution in [2.75, 3.05) is 37.7 Å². The average Bonchev–Trinajstić information content (AvgIpc) is 3.71.